The molecular weight excluding hydrogens is 278 g/mol. The molecule has 0 aliphatic carbocycles. The molecule has 0 saturated heterocycles. The number of rotatable bonds is 6. The minimum atomic E-state index is -0.672. The van der Waals surface area contributed by atoms with Crippen LogP contribution in [0.25, 0.3) is 0 Å². The molecule has 1 atom stereocenters. The number of H-pyrrole nitrogens is 1. The summed E-state index contributed by atoms with van der Waals surface area (Å²) in [7, 11) is 0. The highest BCUT2D eigenvalue weighted by atomic mass is 16.3. The lowest BCUT2D eigenvalue weighted by molar-refractivity contribution is 0.0713. The Morgan fingerprint density at radius 3 is 2.59 bits per heavy atom. The Labute approximate surface area is 130 Å². The molecule has 1 unspecified atom stereocenters. The van der Waals surface area contributed by atoms with Crippen LogP contribution in [0.5, 0.6) is 0 Å². The summed E-state index contributed by atoms with van der Waals surface area (Å²) in [6, 6.07) is 7.31. The quantitative estimate of drug-likeness (QED) is 0.767. The van der Waals surface area contributed by atoms with Gasteiger partial charge < -0.3 is 15.4 Å². The molecule has 0 bridgehead atoms. The molecule has 0 aliphatic rings. The van der Waals surface area contributed by atoms with Gasteiger partial charge in [-0.1, -0.05) is 12.1 Å². The van der Waals surface area contributed by atoms with Crippen molar-refractivity contribution in [3.8, 4) is 0 Å². The van der Waals surface area contributed by atoms with Crippen molar-refractivity contribution < 1.29 is 9.90 Å². The lowest BCUT2D eigenvalue weighted by atomic mass is 9.98. The van der Waals surface area contributed by atoms with Crippen molar-refractivity contribution in [2.75, 3.05) is 0 Å². The fourth-order valence-electron chi connectivity index (χ4n) is 2.14. The second-order valence-corrected chi connectivity index (χ2v) is 6.18. The van der Waals surface area contributed by atoms with Gasteiger partial charge in [-0.05, 0) is 51.3 Å². The lowest BCUT2D eigenvalue weighted by Gasteiger charge is -2.16. The minimum Gasteiger partial charge on any atom is -0.390 e. The van der Waals surface area contributed by atoms with Crippen LogP contribution < -0.4 is 5.32 Å². The van der Waals surface area contributed by atoms with Gasteiger partial charge in [-0.3, -0.25) is 4.79 Å². The predicted octanol–water partition coefficient (Wildman–Crippen LogP) is 2.60. The Morgan fingerprint density at radius 2 is 2.05 bits per heavy atom. The number of hydrogen-bond acceptors (Lipinski definition) is 3. The first-order chi connectivity index (χ1) is 10.3. The number of imidazole rings is 1. The van der Waals surface area contributed by atoms with E-state index >= 15 is 0 Å². The zero-order chi connectivity index (χ0) is 16.2. The molecule has 22 heavy (non-hydrogen) atoms. The molecule has 0 saturated carbocycles. The van der Waals surface area contributed by atoms with Crippen LogP contribution in [0.2, 0.25) is 0 Å². The number of hydrogen-bond donors (Lipinski definition) is 3. The number of carbonyl (C=O) groups excluding carboxylic acids is 1. The van der Waals surface area contributed by atoms with E-state index in [9.17, 15) is 9.90 Å². The molecule has 2 aromatic rings. The third kappa shape index (κ3) is 4.70. The average Bonchev–Trinajstić information content (AvgIpc) is 2.99. The van der Waals surface area contributed by atoms with Gasteiger partial charge >= 0.3 is 0 Å². The van der Waals surface area contributed by atoms with Crippen LogP contribution in [-0.2, 0) is 6.42 Å². The molecule has 0 fully saturated rings. The van der Waals surface area contributed by atoms with Gasteiger partial charge in [0.1, 0.15) is 5.82 Å². The number of nitrogens with one attached hydrogen (secondary N) is 2. The fraction of sp³-hybridized carbons (Fsp3) is 0.412. The van der Waals surface area contributed by atoms with E-state index in [0.29, 0.717) is 12.0 Å². The molecule has 1 aromatic heterocycles. The fourth-order valence-corrected chi connectivity index (χ4v) is 2.14. The number of nitrogens with zero attached hydrogens (tertiary/aromatic N) is 1. The van der Waals surface area contributed by atoms with Crippen LogP contribution in [-0.4, -0.2) is 26.6 Å². The summed E-state index contributed by atoms with van der Waals surface area (Å²) in [4.78, 5) is 19.3. The SMILES string of the molecule is CC(NC(=O)c1ccc(CCC(C)(C)O)cc1)c1ncc[nH]1. The van der Waals surface area contributed by atoms with Crippen LogP contribution in [0.4, 0.5) is 0 Å². The third-order valence-electron chi connectivity index (χ3n) is 3.52. The first kappa shape index (κ1) is 16.2. The highest BCUT2D eigenvalue weighted by Crippen LogP contribution is 2.14. The van der Waals surface area contributed by atoms with Gasteiger partial charge in [0.25, 0.3) is 5.91 Å². The summed E-state index contributed by atoms with van der Waals surface area (Å²) in [6.45, 7) is 5.48. The lowest BCUT2D eigenvalue weighted by Crippen LogP contribution is -2.27. The van der Waals surface area contributed by atoms with E-state index in [1.165, 1.54) is 0 Å². The van der Waals surface area contributed by atoms with E-state index in [-0.39, 0.29) is 11.9 Å². The number of carbonyl (C=O) groups is 1. The first-order valence-electron chi connectivity index (χ1n) is 7.46. The van der Waals surface area contributed by atoms with E-state index in [4.69, 9.17) is 0 Å². The molecule has 3 N–H and O–H groups in total. The number of aryl methyl sites for hydroxylation is 1. The van der Waals surface area contributed by atoms with E-state index < -0.39 is 5.60 Å². The molecule has 1 heterocycles. The zero-order valence-corrected chi connectivity index (χ0v) is 13.3. The van der Waals surface area contributed by atoms with Gasteiger partial charge in [0.2, 0.25) is 0 Å². The van der Waals surface area contributed by atoms with Crippen molar-refractivity contribution in [1.29, 1.82) is 0 Å². The Kier molecular flexibility index (Phi) is 4.98. The topological polar surface area (TPSA) is 78.0 Å². The van der Waals surface area contributed by atoms with Crippen molar-refractivity contribution in [2.45, 2.75) is 45.3 Å². The predicted molar refractivity (Wildman–Crippen MR) is 85.5 cm³/mol. The maximum Gasteiger partial charge on any atom is 0.251 e. The largest absolute Gasteiger partial charge is 0.390 e. The van der Waals surface area contributed by atoms with Crippen molar-refractivity contribution in [3.63, 3.8) is 0 Å². The summed E-state index contributed by atoms with van der Waals surface area (Å²) in [5.41, 5.74) is 1.05. The van der Waals surface area contributed by atoms with Crippen LogP contribution in [0.1, 0.15) is 55.0 Å². The maximum atomic E-state index is 12.2. The molecule has 5 nitrogen and oxygen atoms in total. The van der Waals surface area contributed by atoms with Crippen molar-refractivity contribution in [3.05, 3.63) is 53.6 Å². The van der Waals surface area contributed by atoms with Crippen molar-refractivity contribution in [1.82, 2.24) is 15.3 Å². The highest BCUT2D eigenvalue weighted by Gasteiger charge is 2.14. The number of aromatic amines is 1. The van der Waals surface area contributed by atoms with Gasteiger partial charge in [-0.2, -0.15) is 0 Å². The van der Waals surface area contributed by atoms with Crippen molar-refractivity contribution in [2.24, 2.45) is 0 Å². The molecule has 1 amide bonds. The maximum absolute atomic E-state index is 12.2. The van der Waals surface area contributed by atoms with Gasteiger partial charge in [0.15, 0.2) is 0 Å². The zero-order valence-electron chi connectivity index (χ0n) is 13.3. The van der Waals surface area contributed by atoms with E-state index in [2.05, 4.69) is 15.3 Å². The molecule has 0 radical (unpaired) electrons. The molecule has 1 aromatic carbocycles. The van der Waals surface area contributed by atoms with Gasteiger partial charge in [-0.25, -0.2) is 4.98 Å². The van der Waals surface area contributed by atoms with Crippen LogP contribution in [0.15, 0.2) is 36.7 Å². The Balaban J connectivity index is 1.93. The first-order valence-corrected chi connectivity index (χ1v) is 7.46. The molecule has 2 rings (SSSR count). The molecule has 5 heteroatoms. The monoisotopic (exact) mass is 301 g/mol. The van der Waals surface area contributed by atoms with E-state index in [0.717, 1.165) is 17.8 Å². The molecule has 0 spiro atoms. The van der Waals surface area contributed by atoms with Crippen LogP contribution in [0, 0.1) is 0 Å². The minimum absolute atomic E-state index is 0.127. The van der Waals surface area contributed by atoms with Crippen LogP contribution >= 0.6 is 0 Å². The van der Waals surface area contributed by atoms with Crippen molar-refractivity contribution >= 4 is 5.91 Å². The summed E-state index contributed by atoms with van der Waals surface area (Å²) >= 11 is 0. The third-order valence-corrected chi connectivity index (χ3v) is 3.52. The molecule has 118 valence electrons. The van der Waals surface area contributed by atoms with E-state index in [1.54, 1.807) is 26.2 Å². The van der Waals surface area contributed by atoms with E-state index in [1.807, 2.05) is 31.2 Å². The molecule has 0 aliphatic heterocycles. The highest BCUT2D eigenvalue weighted by molar-refractivity contribution is 5.94. The standard InChI is InChI=1S/C17H23N3O2/c1-12(15-18-10-11-19-15)20-16(21)14-6-4-13(5-7-14)8-9-17(2,3)22/h4-7,10-12,22H,8-9H2,1-3H3,(H,18,19)(H,20,21). The Bertz CT molecular complexity index is 598. The Hall–Kier alpha value is -2.14. The summed E-state index contributed by atoms with van der Waals surface area (Å²) in [6.07, 6.45) is 4.87. The number of benzene rings is 1. The summed E-state index contributed by atoms with van der Waals surface area (Å²) in [5, 5.41) is 12.6. The summed E-state index contributed by atoms with van der Waals surface area (Å²) < 4.78 is 0. The van der Waals surface area contributed by atoms with Gasteiger partial charge in [0, 0.05) is 18.0 Å². The van der Waals surface area contributed by atoms with Gasteiger partial charge in [-0.15, -0.1) is 0 Å². The van der Waals surface area contributed by atoms with Gasteiger partial charge in [0.05, 0.1) is 11.6 Å². The second kappa shape index (κ2) is 6.75. The Morgan fingerprint density at radius 1 is 1.36 bits per heavy atom. The van der Waals surface area contributed by atoms with Crippen LogP contribution in [0.3, 0.4) is 0 Å². The summed E-state index contributed by atoms with van der Waals surface area (Å²) in [5.74, 6) is 0.605. The molecular formula is C17H23N3O2. The second-order valence-electron chi connectivity index (χ2n) is 6.18. The number of aliphatic hydroxyl groups is 1. The number of amides is 1. The number of aromatic nitrogens is 2. The normalized spacial score (nSPS) is 12.9. The average molecular weight is 301 g/mol. The smallest absolute Gasteiger partial charge is 0.251 e.